The van der Waals surface area contributed by atoms with E-state index in [1.54, 1.807) is 6.07 Å². The van der Waals surface area contributed by atoms with Gasteiger partial charge in [-0.1, -0.05) is 0 Å². The summed E-state index contributed by atoms with van der Waals surface area (Å²) in [7, 11) is 0. The lowest BCUT2D eigenvalue weighted by molar-refractivity contribution is 0.00297. The van der Waals surface area contributed by atoms with Gasteiger partial charge in [-0.25, -0.2) is 9.97 Å². The lowest BCUT2D eigenvalue weighted by atomic mass is 10.1. The zero-order valence-electron chi connectivity index (χ0n) is 11.2. The maximum absolute atomic E-state index is 5.75. The number of rotatable bonds is 4. The molecule has 0 bridgehead atoms. The van der Waals surface area contributed by atoms with E-state index in [1.807, 2.05) is 13.8 Å². The molecule has 1 fully saturated rings. The van der Waals surface area contributed by atoms with Crippen LogP contribution in [0.15, 0.2) is 6.07 Å². The summed E-state index contributed by atoms with van der Waals surface area (Å²) in [6, 6.07) is 1.79. The van der Waals surface area contributed by atoms with Crippen molar-refractivity contribution < 1.29 is 4.74 Å². The Balaban J connectivity index is 1.95. The highest BCUT2D eigenvalue weighted by Gasteiger charge is 2.20. The molecule has 0 aromatic carbocycles. The van der Waals surface area contributed by atoms with E-state index in [9.17, 15) is 0 Å². The Hall–Kier alpha value is -1.20. The summed E-state index contributed by atoms with van der Waals surface area (Å²) in [4.78, 5) is 11.1. The number of anilines is 1. The van der Waals surface area contributed by atoms with E-state index in [0.29, 0.717) is 11.9 Å². The Morgan fingerprint density at radius 2 is 2.33 bits per heavy atom. The molecule has 5 nitrogen and oxygen atoms in total. The summed E-state index contributed by atoms with van der Waals surface area (Å²) < 4.78 is 5.69. The van der Waals surface area contributed by atoms with Gasteiger partial charge < -0.3 is 10.5 Å². The van der Waals surface area contributed by atoms with Gasteiger partial charge in [0.15, 0.2) is 0 Å². The Bertz CT molecular complexity index is 374. The third-order valence-corrected chi connectivity index (χ3v) is 3.15. The highest BCUT2D eigenvalue weighted by molar-refractivity contribution is 5.29. The van der Waals surface area contributed by atoms with Crippen LogP contribution in [0.4, 0.5) is 5.82 Å². The molecule has 1 aliphatic heterocycles. The van der Waals surface area contributed by atoms with Crippen LogP contribution in [0.5, 0.6) is 0 Å². The van der Waals surface area contributed by atoms with E-state index in [1.165, 1.54) is 6.42 Å². The smallest absolute Gasteiger partial charge is 0.144 e. The molecular formula is C13H22N4O. The average Bonchev–Trinajstić information content (AvgIpc) is 2.28. The van der Waals surface area contributed by atoms with Gasteiger partial charge in [-0.2, -0.15) is 0 Å². The molecule has 1 aliphatic rings. The topological polar surface area (TPSA) is 64.3 Å². The van der Waals surface area contributed by atoms with E-state index in [0.717, 1.165) is 44.2 Å². The van der Waals surface area contributed by atoms with Crippen LogP contribution < -0.4 is 5.73 Å². The molecule has 2 heterocycles. The first kappa shape index (κ1) is 13.2. The van der Waals surface area contributed by atoms with Crippen molar-refractivity contribution in [2.24, 2.45) is 0 Å². The molecule has 5 heteroatoms. The second kappa shape index (κ2) is 6.11. The second-order valence-electron chi connectivity index (χ2n) is 4.81. The number of nitrogens with two attached hydrogens (primary N) is 1. The Morgan fingerprint density at radius 3 is 3.06 bits per heavy atom. The number of likely N-dealkylation sites (tertiary alicyclic amines) is 1. The van der Waals surface area contributed by atoms with Gasteiger partial charge in [0.1, 0.15) is 11.6 Å². The molecule has 0 saturated carbocycles. The van der Waals surface area contributed by atoms with Crippen LogP contribution in [0.2, 0.25) is 0 Å². The molecule has 2 N–H and O–H groups in total. The van der Waals surface area contributed by atoms with Crippen molar-refractivity contribution in [1.29, 1.82) is 0 Å². The summed E-state index contributed by atoms with van der Waals surface area (Å²) in [6.45, 7) is 7.58. The van der Waals surface area contributed by atoms with Crippen LogP contribution >= 0.6 is 0 Å². The molecule has 1 aromatic heterocycles. The van der Waals surface area contributed by atoms with Crippen LogP contribution in [0.3, 0.4) is 0 Å². The SMILES string of the molecule is CCOC1CCCN(Cc2nc(C)cc(N)n2)C1. The normalized spacial score (nSPS) is 21.1. The number of hydrogen-bond acceptors (Lipinski definition) is 5. The number of aryl methyl sites for hydroxylation is 1. The number of nitrogens with zero attached hydrogens (tertiary/aromatic N) is 3. The van der Waals surface area contributed by atoms with E-state index < -0.39 is 0 Å². The molecule has 18 heavy (non-hydrogen) atoms. The number of piperidine rings is 1. The lowest BCUT2D eigenvalue weighted by Gasteiger charge is -2.31. The van der Waals surface area contributed by atoms with Crippen molar-refractivity contribution in [2.75, 3.05) is 25.4 Å². The monoisotopic (exact) mass is 250 g/mol. The third kappa shape index (κ3) is 3.65. The maximum atomic E-state index is 5.75. The van der Waals surface area contributed by atoms with Gasteiger partial charge in [0.2, 0.25) is 0 Å². The van der Waals surface area contributed by atoms with Gasteiger partial charge in [-0.3, -0.25) is 4.90 Å². The number of aromatic nitrogens is 2. The van der Waals surface area contributed by atoms with Crippen molar-refractivity contribution >= 4 is 5.82 Å². The molecule has 0 amide bonds. The Morgan fingerprint density at radius 1 is 1.50 bits per heavy atom. The zero-order chi connectivity index (χ0) is 13.0. The van der Waals surface area contributed by atoms with Crippen LogP contribution in [0.25, 0.3) is 0 Å². The summed E-state index contributed by atoms with van der Waals surface area (Å²) in [6.07, 6.45) is 2.68. The highest BCUT2D eigenvalue weighted by atomic mass is 16.5. The fourth-order valence-electron chi connectivity index (χ4n) is 2.46. The minimum Gasteiger partial charge on any atom is -0.384 e. The van der Waals surface area contributed by atoms with Gasteiger partial charge in [0, 0.05) is 24.9 Å². The van der Waals surface area contributed by atoms with Gasteiger partial charge in [-0.05, 0) is 33.2 Å². The van der Waals surface area contributed by atoms with Crippen molar-refractivity contribution in [2.45, 2.75) is 39.3 Å². The standard InChI is InChI=1S/C13H22N4O/c1-3-18-11-5-4-6-17(8-11)9-13-15-10(2)7-12(14)16-13/h7,11H,3-6,8-9H2,1-2H3,(H2,14,15,16). The van der Waals surface area contributed by atoms with Crippen LogP contribution in [0, 0.1) is 6.92 Å². The van der Waals surface area contributed by atoms with Gasteiger partial charge in [0.25, 0.3) is 0 Å². The number of hydrogen-bond donors (Lipinski definition) is 1. The molecule has 0 aliphatic carbocycles. The van der Waals surface area contributed by atoms with E-state index >= 15 is 0 Å². The number of ether oxygens (including phenoxy) is 1. The predicted molar refractivity (Wildman–Crippen MR) is 71.1 cm³/mol. The van der Waals surface area contributed by atoms with E-state index in [-0.39, 0.29) is 0 Å². The fraction of sp³-hybridized carbons (Fsp3) is 0.692. The largest absolute Gasteiger partial charge is 0.384 e. The molecule has 0 spiro atoms. The van der Waals surface area contributed by atoms with Crippen LogP contribution in [-0.4, -0.2) is 40.7 Å². The quantitative estimate of drug-likeness (QED) is 0.874. The zero-order valence-corrected chi connectivity index (χ0v) is 11.2. The molecule has 1 aromatic rings. The summed E-state index contributed by atoms with van der Waals surface area (Å²) >= 11 is 0. The van der Waals surface area contributed by atoms with Crippen LogP contribution in [0.1, 0.15) is 31.3 Å². The Kier molecular flexibility index (Phi) is 4.49. The summed E-state index contributed by atoms with van der Waals surface area (Å²) in [5.74, 6) is 1.36. The summed E-state index contributed by atoms with van der Waals surface area (Å²) in [5, 5.41) is 0. The van der Waals surface area contributed by atoms with Gasteiger partial charge in [0.05, 0.1) is 12.6 Å². The first-order chi connectivity index (χ1) is 8.67. The third-order valence-electron chi connectivity index (χ3n) is 3.15. The van der Waals surface area contributed by atoms with Crippen molar-refractivity contribution in [1.82, 2.24) is 14.9 Å². The van der Waals surface area contributed by atoms with Crippen molar-refractivity contribution in [3.63, 3.8) is 0 Å². The molecule has 1 unspecified atom stereocenters. The first-order valence-electron chi connectivity index (χ1n) is 6.61. The molecule has 0 radical (unpaired) electrons. The van der Waals surface area contributed by atoms with Gasteiger partial charge >= 0.3 is 0 Å². The average molecular weight is 250 g/mol. The molecule has 100 valence electrons. The summed E-state index contributed by atoms with van der Waals surface area (Å²) in [5.41, 5.74) is 6.67. The molecule has 2 rings (SSSR count). The van der Waals surface area contributed by atoms with Crippen molar-refractivity contribution in [3.8, 4) is 0 Å². The Labute approximate surface area is 108 Å². The molecular weight excluding hydrogens is 228 g/mol. The predicted octanol–water partition coefficient (Wildman–Crippen LogP) is 1.37. The lowest BCUT2D eigenvalue weighted by Crippen LogP contribution is -2.39. The molecule has 1 saturated heterocycles. The highest BCUT2D eigenvalue weighted by Crippen LogP contribution is 2.15. The van der Waals surface area contributed by atoms with E-state index in [4.69, 9.17) is 10.5 Å². The number of nitrogen functional groups attached to an aromatic ring is 1. The minimum atomic E-state index is 0.353. The maximum Gasteiger partial charge on any atom is 0.144 e. The fourth-order valence-corrected chi connectivity index (χ4v) is 2.46. The van der Waals surface area contributed by atoms with Crippen molar-refractivity contribution in [3.05, 3.63) is 17.6 Å². The first-order valence-corrected chi connectivity index (χ1v) is 6.61. The van der Waals surface area contributed by atoms with Gasteiger partial charge in [-0.15, -0.1) is 0 Å². The molecule has 1 atom stereocenters. The second-order valence-corrected chi connectivity index (χ2v) is 4.81. The minimum absolute atomic E-state index is 0.353. The van der Waals surface area contributed by atoms with Crippen LogP contribution in [-0.2, 0) is 11.3 Å². The van der Waals surface area contributed by atoms with E-state index in [2.05, 4.69) is 14.9 Å².